The van der Waals surface area contributed by atoms with Gasteiger partial charge in [-0.25, -0.2) is 0 Å². The van der Waals surface area contributed by atoms with Gasteiger partial charge in [0.2, 0.25) is 11.8 Å². The Balaban J connectivity index is 1.93. The third-order valence-corrected chi connectivity index (χ3v) is 2.65. The van der Waals surface area contributed by atoms with Crippen molar-refractivity contribution in [1.82, 2.24) is 10.6 Å². The minimum atomic E-state index is -0.425. The molecule has 1 aliphatic rings. The Labute approximate surface area is 98.0 Å². The Morgan fingerprint density at radius 2 is 2.25 bits per heavy atom. The lowest BCUT2D eigenvalue weighted by atomic mass is 10.2. The van der Waals surface area contributed by atoms with Crippen molar-refractivity contribution < 1.29 is 9.59 Å². The molecule has 0 spiro atoms. The van der Waals surface area contributed by atoms with Crippen molar-refractivity contribution in [2.24, 2.45) is 0 Å². The van der Waals surface area contributed by atoms with Crippen LogP contribution in [-0.4, -0.2) is 17.9 Å². The lowest BCUT2D eigenvalue weighted by Gasteiger charge is -2.08. The van der Waals surface area contributed by atoms with E-state index in [1.165, 1.54) is 0 Å². The molecule has 84 valence electrons. The summed E-state index contributed by atoms with van der Waals surface area (Å²) < 4.78 is 0. The van der Waals surface area contributed by atoms with Gasteiger partial charge in [0.1, 0.15) is 0 Å². The second kappa shape index (κ2) is 4.63. The summed E-state index contributed by atoms with van der Waals surface area (Å²) in [6, 6.07) is 6.94. The second-order valence-corrected chi connectivity index (χ2v) is 4.12. The standard InChI is InChI=1S/C11H11ClN2O2/c12-8-3-1-2-7(4-8)6-13-9-5-10(15)14-11(9)16/h1-4,9,13H,5-6H2,(H,14,15,16). The van der Waals surface area contributed by atoms with E-state index in [1.807, 2.05) is 18.2 Å². The van der Waals surface area contributed by atoms with Gasteiger partial charge in [-0.3, -0.25) is 14.9 Å². The summed E-state index contributed by atoms with van der Waals surface area (Å²) in [6.07, 6.45) is 0.208. The topological polar surface area (TPSA) is 58.2 Å². The van der Waals surface area contributed by atoms with Crippen LogP contribution in [0.1, 0.15) is 12.0 Å². The fraction of sp³-hybridized carbons (Fsp3) is 0.273. The van der Waals surface area contributed by atoms with E-state index in [9.17, 15) is 9.59 Å². The van der Waals surface area contributed by atoms with Crippen LogP contribution in [0.15, 0.2) is 24.3 Å². The summed E-state index contributed by atoms with van der Waals surface area (Å²) in [5, 5.41) is 5.92. The molecule has 2 rings (SSSR count). The van der Waals surface area contributed by atoms with Crippen LogP contribution in [0.3, 0.4) is 0 Å². The van der Waals surface area contributed by atoms with E-state index in [0.717, 1.165) is 5.56 Å². The van der Waals surface area contributed by atoms with Crippen LogP contribution in [0.4, 0.5) is 0 Å². The van der Waals surface area contributed by atoms with Crippen molar-refractivity contribution in [3.05, 3.63) is 34.9 Å². The summed E-state index contributed by atoms with van der Waals surface area (Å²) in [6.45, 7) is 0.520. The molecular weight excluding hydrogens is 228 g/mol. The normalized spacial score (nSPS) is 19.9. The van der Waals surface area contributed by atoms with Crippen LogP contribution in [0.2, 0.25) is 5.02 Å². The molecule has 1 aliphatic heterocycles. The van der Waals surface area contributed by atoms with Gasteiger partial charge in [0.25, 0.3) is 0 Å². The van der Waals surface area contributed by atoms with Crippen LogP contribution in [-0.2, 0) is 16.1 Å². The van der Waals surface area contributed by atoms with E-state index in [2.05, 4.69) is 10.6 Å². The Morgan fingerprint density at radius 1 is 1.44 bits per heavy atom. The van der Waals surface area contributed by atoms with E-state index in [4.69, 9.17) is 11.6 Å². The molecule has 0 bridgehead atoms. The highest BCUT2D eigenvalue weighted by atomic mass is 35.5. The monoisotopic (exact) mass is 238 g/mol. The van der Waals surface area contributed by atoms with Crippen molar-refractivity contribution in [2.45, 2.75) is 19.0 Å². The predicted octanol–water partition coefficient (Wildman–Crippen LogP) is 0.845. The minimum absolute atomic E-state index is 0.208. The van der Waals surface area contributed by atoms with Crippen LogP contribution in [0, 0.1) is 0 Å². The van der Waals surface area contributed by atoms with Gasteiger partial charge in [-0.05, 0) is 17.7 Å². The number of imide groups is 1. The van der Waals surface area contributed by atoms with Gasteiger partial charge >= 0.3 is 0 Å². The van der Waals surface area contributed by atoms with E-state index in [0.29, 0.717) is 11.6 Å². The summed E-state index contributed by atoms with van der Waals surface area (Å²) in [4.78, 5) is 22.2. The molecule has 1 saturated heterocycles. The smallest absolute Gasteiger partial charge is 0.244 e. The molecule has 0 saturated carbocycles. The molecule has 2 N–H and O–H groups in total. The first-order valence-corrected chi connectivity index (χ1v) is 5.34. The zero-order chi connectivity index (χ0) is 11.5. The summed E-state index contributed by atoms with van der Waals surface area (Å²) in [5.74, 6) is -0.486. The predicted molar refractivity (Wildman–Crippen MR) is 59.8 cm³/mol. The first-order valence-electron chi connectivity index (χ1n) is 4.96. The van der Waals surface area contributed by atoms with Gasteiger partial charge in [0.05, 0.1) is 12.5 Å². The number of hydrogen-bond donors (Lipinski definition) is 2. The maximum Gasteiger partial charge on any atom is 0.244 e. The molecule has 1 heterocycles. The van der Waals surface area contributed by atoms with E-state index in [-0.39, 0.29) is 18.2 Å². The van der Waals surface area contributed by atoms with Gasteiger partial charge in [0, 0.05) is 11.6 Å². The highest BCUT2D eigenvalue weighted by Crippen LogP contribution is 2.11. The molecule has 0 aromatic heterocycles. The molecule has 2 amide bonds. The molecule has 0 radical (unpaired) electrons. The maximum atomic E-state index is 11.3. The van der Waals surface area contributed by atoms with Crippen molar-refractivity contribution in [3.8, 4) is 0 Å². The van der Waals surface area contributed by atoms with Gasteiger partial charge < -0.3 is 5.32 Å². The zero-order valence-corrected chi connectivity index (χ0v) is 9.25. The van der Waals surface area contributed by atoms with Crippen LogP contribution >= 0.6 is 11.6 Å². The SMILES string of the molecule is O=C1CC(NCc2cccc(Cl)c2)C(=O)N1. The number of carbonyl (C=O) groups excluding carboxylic acids is 2. The average molecular weight is 239 g/mol. The minimum Gasteiger partial charge on any atom is -0.301 e. The highest BCUT2D eigenvalue weighted by Gasteiger charge is 2.29. The van der Waals surface area contributed by atoms with E-state index < -0.39 is 6.04 Å². The Morgan fingerprint density at radius 3 is 2.88 bits per heavy atom. The molecule has 4 nitrogen and oxygen atoms in total. The molecule has 1 atom stereocenters. The van der Waals surface area contributed by atoms with Crippen LogP contribution in [0.5, 0.6) is 0 Å². The molecule has 5 heteroatoms. The fourth-order valence-corrected chi connectivity index (χ4v) is 1.82. The quantitative estimate of drug-likeness (QED) is 0.768. The van der Waals surface area contributed by atoms with Gasteiger partial charge in [-0.1, -0.05) is 23.7 Å². The average Bonchev–Trinajstić information content (AvgIpc) is 2.54. The third kappa shape index (κ3) is 2.59. The molecule has 1 fully saturated rings. The zero-order valence-electron chi connectivity index (χ0n) is 8.50. The molecule has 16 heavy (non-hydrogen) atoms. The second-order valence-electron chi connectivity index (χ2n) is 3.68. The van der Waals surface area contributed by atoms with Crippen molar-refractivity contribution in [1.29, 1.82) is 0 Å². The summed E-state index contributed by atoms with van der Waals surface area (Å²) in [7, 11) is 0. The Bertz CT molecular complexity index is 434. The number of nitrogens with one attached hydrogen (secondary N) is 2. The first kappa shape index (κ1) is 11.1. The number of carbonyl (C=O) groups is 2. The van der Waals surface area contributed by atoms with Crippen molar-refractivity contribution in [2.75, 3.05) is 0 Å². The van der Waals surface area contributed by atoms with Gasteiger partial charge in [-0.15, -0.1) is 0 Å². The molecule has 1 aromatic carbocycles. The number of benzene rings is 1. The molecule has 1 aromatic rings. The Kier molecular flexibility index (Phi) is 3.22. The summed E-state index contributed by atoms with van der Waals surface area (Å²) >= 11 is 5.83. The lowest BCUT2D eigenvalue weighted by Crippen LogP contribution is -2.35. The highest BCUT2D eigenvalue weighted by molar-refractivity contribution is 6.30. The lowest BCUT2D eigenvalue weighted by molar-refractivity contribution is -0.125. The van der Waals surface area contributed by atoms with E-state index >= 15 is 0 Å². The number of halogens is 1. The number of amides is 2. The third-order valence-electron chi connectivity index (χ3n) is 2.41. The molecule has 0 aliphatic carbocycles. The number of hydrogen-bond acceptors (Lipinski definition) is 3. The van der Waals surface area contributed by atoms with Gasteiger partial charge in [-0.2, -0.15) is 0 Å². The van der Waals surface area contributed by atoms with Gasteiger partial charge in [0.15, 0.2) is 0 Å². The van der Waals surface area contributed by atoms with Crippen molar-refractivity contribution in [3.63, 3.8) is 0 Å². The largest absolute Gasteiger partial charge is 0.301 e. The first-order chi connectivity index (χ1) is 7.65. The summed E-state index contributed by atoms with van der Waals surface area (Å²) in [5.41, 5.74) is 0.986. The van der Waals surface area contributed by atoms with Crippen LogP contribution < -0.4 is 10.6 Å². The Hall–Kier alpha value is -1.39. The van der Waals surface area contributed by atoms with E-state index in [1.54, 1.807) is 6.07 Å². The molecule has 1 unspecified atom stereocenters. The van der Waals surface area contributed by atoms with Crippen LogP contribution in [0.25, 0.3) is 0 Å². The fourth-order valence-electron chi connectivity index (χ4n) is 1.61. The number of rotatable bonds is 3. The molecular formula is C11H11ClN2O2. The van der Waals surface area contributed by atoms with Crippen molar-refractivity contribution >= 4 is 23.4 Å². The maximum absolute atomic E-state index is 11.3.